The van der Waals surface area contributed by atoms with E-state index in [-0.39, 0.29) is 11.6 Å². The fourth-order valence-corrected chi connectivity index (χ4v) is 2.42. The molecule has 1 heterocycles. The second-order valence-electron chi connectivity index (χ2n) is 5.52. The molecule has 0 aliphatic heterocycles. The Bertz CT molecular complexity index is 766. The van der Waals surface area contributed by atoms with Gasteiger partial charge in [0.15, 0.2) is 5.69 Å². The van der Waals surface area contributed by atoms with Gasteiger partial charge in [0.1, 0.15) is 11.9 Å². The van der Waals surface area contributed by atoms with Crippen molar-refractivity contribution in [3.63, 3.8) is 0 Å². The van der Waals surface area contributed by atoms with Gasteiger partial charge in [-0.1, -0.05) is 23.7 Å². The maximum absolute atomic E-state index is 11.9. The second-order valence-corrected chi connectivity index (χ2v) is 5.93. The van der Waals surface area contributed by atoms with Gasteiger partial charge in [0.2, 0.25) is 0 Å². The minimum atomic E-state index is -0.0214. The lowest BCUT2D eigenvalue weighted by Gasteiger charge is -2.22. The zero-order chi connectivity index (χ0) is 17.7. The Labute approximate surface area is 147 Å². The van der Waals surface area contributed by atoms with Crippen molar-refractivity contribution in [2.45, 2.75) is 13.5 Å². The van der Waals surface area contributed by atoms with E-state index in [1.54, 1.807) is 31.1 Å². The molecule has 2 aromatic rings. The molecule has 6 heteroatoms. The van der Waals surface area contributed by atoms with Crippen molar-refractivity contribution in [2.24, 2.45) is 0 Å². The maximum Gasteiger partial charge on any atom is 0.253 e. The molecule has 24 heavy (non-hydrogen) atoms. The largest absolute Gasteiger partial charge is 0.353 e. The van der Waals surface area contributed by atoms with Gasteiger partial charge in [-0.3, -0.25) is 4.79 Å². The first-order valence-electron chi connectivity index (χ1n) is 7.58. The zero-order valence-corrected chi connectivity index (χ0v) is 14.7. The van der Waals surface area contributed by atoms with Crippen LogP contribution in [0.4, 0.5) is 5.82 Å². The Balaban J connectivity index is 2.19. The SMILES string of the molecule is CCN(Cc1ccc(C(=O)N(C)C)cc1)c1ccc(Cl)c(C#N)n1. The average molecular weight is 343 g/mol. The Kier molecular flexibility index (Phi) is 5.78. The highest BCUT2D eigenvalue weighted by Crippen LogP contribution is 2.20. The van der Waals surface area contributed by atoms with Gasteiger partial charge in [0.05, 0.1) is 5.02 Å². The normalized spacial score (nSPS) is 10.1. The molecule has 0 N–H and O–H groups in total. The molecule has 0 fully saturated rings. The molecular weight excluding hydrogens is 324 g/mol. The number of nitrogens with zero attached hydrogens (tertiary/aromatic N) is 4. The van der Waals surface area contributed by atoms with Crippen molar-refractivity contribution >= 4 is 23.3 Å². The van der Waals surface area contributed by atoms with Gasteiger partial charge in [-0.15, -0.1) is 0 Å². The van der Waals surface area contributed by atoms with Crippen LogP contribution in [0.15, 0.2) is 36.4 Å². The lowest BCUT2D eigenvalue weighted by Crippen LogP contribution is -2.24. The van der Waals surface area contributed by atoms with Crippen LogP contribution in [-0.2, 0) is 6.54 Å². The smallest absolute Gasteiger partial charge is 0.253 e. The van der Waals surface area contributed by atoms with E-state index >= 15 is 0 Å². The van der Waals surface area contributed by atoms with Gasteiger partial charge >= 0.3 is 0 Å². The molecule has 5 nitrogen and oxygen atoms in total. The van der Waals surface area contributed by atoms with Crippen LogP contribution < -0.4 is 4.90 Å². The van der Waals surface area contributed by atoms with Crippen LogP contribution in [-0.4, -0.2) is 36.4 Å². The summed E-state index contributed by atoms with van der Waals surface area (Å²) in [6.07, 6.45) is 0. The third-order valence-electron chi connectivity index (χ3n) is 3.62. The number of carbonyl (C=O) groups excluding carboxylic acids is 1. The second kappa shape index (κ2) is 7.80. The minimum absolute atomic E-state index is 0.0214. The van der Waals surface area contributed by atoms with Crippen molar-refractivity contribution < 1.29 is 4.79 Å². The molecule has 1 aromatic carbocycles. The number of aromatic nitrogens is 1. The van der Waals surface area contributed by atoms with Crippen molar-refractivity contribution in [3.05, 3.63) is 58.2 Å². The van der Waals surface area contributed by atoms with Crippen LogP contribution in [0.1, 0.15) is 28.5 Å². The van der Waals surface area contributed by atoms with E-state index < -0.39 is 0 Å². The summed E-state index contributed by atoms with van der Waals surface area (Å²) in [6.45, 7) is 3.39. The molecule has 2 rings (SSSR count). The highest BCUT2D eigenvalue weighted by atomic mass is 35.5. The Morgan fingerprint density at radius 3 is 2.42 bits per heavy atom. The summed E-state index contributed by atoms with van der Waals surface area (Å²) in [6, 6.07) is 13.0. The van der Waals surface area contributed by atoms with Crippen LogP contribution in [0.25, 0.3) is 0 Å². The molecule has 0 aliphatic carbocycles. The molecule has 0 radical (unpaired) electrons. The summed E-state index contributed by atoms with van der Waals surface area (Å²) in [4.78, 5) is 19.8. The van der Waals surface area contributed by atoms with Gasteiger partial charge in [-0.05, 0) is 36.8 Å². The number of hydrogen-bond acceptors (Lipinski definition) is 4. The monoisotopic (exact) mass is 342 g/mol. The predicted molar refractivity (Wildman–Crippen MR) is 95.1 cm³/mol. The summed E-state index contributed by atoms with van der Waals surface area (Å²) < 4.78 is 0. The van der Waals surface area contributed by atoms with E-state index in [1.807, 2.05) is 42.2 Å². The third kappa shape index (κ3) is 4.03. The lowest BCUT2D eigenvalue weighted by molar-refractivity contribution is 0.0827. The van der Waals surface area contributed by atoms with Gasteiger partial charge < -0.3 is 9.80 Å². The number of carbonyl (C=O) groups is 1. The number of benzene rings is 1. The van der Waals surface area contributed by atoms with E-state index in [0.717, 1.165) is 12.1 Å². The van der Waals surface area contributed by atoms with E-state index in [4.69, 9.17) is 16.9 Å². The molecule has 1 aromatic heterocycles. The Morgan fingerprint density at radius 2 is 1.88 bits per heavy atom. The maximum atomic E-state index is 11.9. The number of pyridine rings is 1. The molecule has 0 unspecified atom stereocenters. The van der Waals surface area contributed by atoms with Crippen LogP contribution >= 0.6 is 11.6 Å². The van der Waals surface area contributed by atoms with Crippen molar-refractivity contribution in [1.29, 1.82) is 5.26 Å². The summed E-state index contributed by atoms with van der Waals surface area (Å²) >= 11 is 5.94. The minimum Gasteiger partial charge on any atom is -0.353 e. The number of halogens is 1. The van der Waals surface area contributed by atoms with Gasteiger partial charge in [0, 0.05) is 32.7 Å². The molecule has 0 spiro atoms. The van der Waals surface area contributed by atoms with E-state index in [0.29, 0.717) is 22.9 Å². The highest BCUT2D eigenvalue weighted by Gasteiger charge is 2.11. The molecular formula is C18H19ClN4O. The van der Waals surface area contributed by atoms with Crippen LogP contribution in [0.5, 0.6) is 0 Å². The first-order valence-corrected chi connectivity index (χ1v) is 7.96. The summed E-state index contributed by atoms with van der Waals surface area (Å²) in [5.74, 6) is 0.679. The third-order valence-corrected chi connectivity index (χ3v) is 3.93. The standard InChI is InChI=1S/C18H19ClN4O/c1-4-23(17-10-9-15(19)16(11-20)21-17)12-13-5-7-14(8-6-13)18(24)22(2)3/h5-10H,4,12H2,1-3H3. The van der Waals surface area contributed by atoms with Crippen molar-refractivity contribution in [1.82, 2.24) is 9.88 Å². The van der Waals surface area contributed by atoms with Crippen LogP contribution in [0.3, 0.4) is 0 Å². The molecule has 124 valence electrons. The molecule has 0 aliphatic rings. The van der Waals surface area contributed by atoms with Crippen molar-refractivity contribution in [3.8, 4) is 6.07 Å². The molecule has 0 atom stereocenters. The average Bonchev–Trinajstić information content (AvgIpc) is 2.60. The fraction of sp³-hybridized carbons (Fsp3) is 0.278. The first-order chi connectivity index (χ1) is 11.5. The van der Waals surface area contributed by atoms with Crippen LogP contribution in [0.2, 0.25) is 5.02 Å². The highest BCUT2D eigenvalue weighted by molar-refractivity contribution is 6.31. The van der Waals surface area contributed by atoms with Crippen LogP contribution in [0, 0.1) is 11.3 Å². The molecule has 1 amide bonds. The lowest BCUT2D eigenvalue weighted by atomic mass is 10.1. The molecule has 0 bridgehead atoms. The molecule has 0 saturated heterocycles. The molecule has 0 saturated carbocycles. The summed E-state index contributed by atoms with van der Waals surface area (Å²) in [7, 11) is 3.46. The van der Waals surface area contributed by atoms with E-state index in [2.05, 4.69) is 4.98 Å². The van der Waals surface area contributed by atoms with Gasteiger partial charge in [-0.25, -0.2) is 4.98 Å². The Hall–Kier alpha value is -2.58. The quantitative estimate of drug-likeness (QED) is 0.836. The van der Waals surface area contributed by atoms with Gasteiger partial charge in [0.25, 0.3) is 5.91 Å². The number of amides is 1. The predicted octanol–water partition coefficient (Wildman–Crippen LogP) is 3.33. The summed E-state index contributed by atoms with van der Waals surface area (Å²) in [5.41, 5.74) is 1.94. The first kappa shape index (κ1) is 17.8. The van der Waals surface area contributed by atoms with Crippen molar-refractivity contribution in [2.75, 3.05) is 25.5 Å². The number of anilines is 1. The fourth-order valence-electron chi connectivity index (χ4n) is 2.27. The number of nitriles is 1. The zero-order valence-electron chi connectivity index (χ0n) is 14.0. The van der Waals surface area contributed by atoms with Gasteiger partial charge in [-0.2, -0.15) is 5.26 Å². The topological polar surface area (TPSA) is 60.2 Å². The number of hydrogen-bond donors (Lipinski definition) is 0. The summed E-state index contributed by atoms with van der Waals surface area (Å²) in [5, 5.41) is 9.41. The Morgan fingerprint density at radius 1 is 1.21 bits per heavy atom. The van der Waals surface area contributed by atoms with E-state index in [9.17, 15) is 4.79 Å². The van der Waals surface area contributed by atoms with E-state index in [1.165, 1.54) is 0 Å². The number of rotatable bonds is 5.